The van der Waals surface area contributed by atoms with Crippen LogP contribution in [0.2, 0.25) is 0 Å². The van der Waals surface area contributed by atoms with Crippen LogP contribution in [-0.4, -0.2) is 18.2 Å². The zero-order valence-corrected chi connectivity index (χ0v) is 13.1. The molecule has 1 N–H and O–H groups in total. The molecule has 0 heterocycles. The second kappa shape index (κ2) is 7.91. The number of nitrogens with zero attached hydrogens (tertiary/aromatic N) is 1. The highest BCUT2D eigenvalue weighted by molar-refractivity contribution is 5.26. The van der Waals surface area contributed by atoms with Crippen molar-refractivity contribution in [1.29, 1.82) is 5.26 Å². The molecule has 0 bridgehead atoms. The summed E-state index contributed by atoms with van der Waals surface area (Å²) in [6, 6.07) is 10.8. The Labute approximate surface area is 123 Å². The number of nitrogens with one attached hydrogen (secondary N) is 1. The van der Waals surface area contributed by atoms with Crippen LogP contribution in [0.4, 0.5) is 0 Å². The van der Waals surface area contributed by atoms with Gasteiger partial charge in [-0.1, -0.05) is 17.7 Å². The van der Waals surface area contributed by atoms with E-state index in [0.29, 0.717) is 12.6 Å². The molecule has 0 fully saturated rings. The quantitative estimate of drug-likeness (QED) is 0.733. The Bertz CT molecular complexity index is 433. The number of ether oxygens (including phenoxy) is 1. The van der Waals surface area contributed by atoms with Crippen LogP contribution >= 0.6 is 0 Å². The van der Waals surface area contributed by atoms with Gasteiger partial charge in [0.05, 0.1) is 12.7 Å². The van der Waals surface area contributed by atoms with E-state index < -0.39 is 5.54 Å². The molecular formula is C17H26N2O. The molecule has 1 atom stereocenters. The third-order valence-corrected chi connectivity index (χ3v) is 3.21. The fourth-order valence-corrected chi connectivity index (χ4v) is 2.20. The molecule has 0 aliphatic heterocycles. The van der Waals surface area contributed by atoms with Gasteiger partial charge in [0.2, 0.25) is 0 Å². The smallest absolute Gasteiger partial charge is 0.119 e. The van der Waals surface area contributed by atoms with Crippen LogP contribution in [0.15, 0.2) is 24.3 Å². The molecule has 3 nitrogen and oxygen atoms in total. The molecule has 20 heavy (non-hydrogen) atoms. The first kappa shape index (κ1) is 16.5. The summed E-state index contributed by atoms with van der Waals surface area (Å²) in [5, 5.41) is 12.6. The number of benzene rings is 1. The molecule has 1 unspecified atom stereocenters. The number of hydrogen-bond acceptors (Lipinski definition) is 3. The van der Waals surface area contributed by atoms with E-state index in [1.54, 1.807) is 0 Å². The van der Waals surface area contributed by atoms with Crippen LogP contribution in [0.5, 0.6) is 5.75 Å². The molecule has 0 spiro atoms. The maximum absolute atomic E-state index is 9.25. The first-order valence-corrected chi connectivity index (χ1v) is 7.33. The topological polar surface area (TPSA) is 45.0 Å². The van der Waals surface area contributed by atoms with E-state index in [0.717, 1.165) is 25.0 Å². The average molecular weight is 274 g/mol. The van der Waals surface area contributed by atoms with Gasteiger partial charge in [-0.15, -0.1) is 0 Å². The normalized spacial score (nSPS) is 13.8. The van der Waals surface area contributed by atoms with Gasteiger partial charge >= 0.3 is 0 Å². The highest BCUT2D eigenvalue weighted by Crippen LogP contribution is 2.15. The lowest BCUT2D eigenvalue weighted by atomic mass is 9.96. The third-order valence-electron chi connectivity index (χ3n) is 3.21. The summed E-state index contributed by atoms with van der Waals surface area (Å²) in [6.45, 7) is 8.86. The molecule has 0 aliphatic carbocycles. The first-order valence-electron chi connectivity index (χ1n) is 7.33. The van der Waals surface area contributed by atoms with Gasteiger partial charge in [0.25, 0.3) is 0 Å². The van der Waals surface area contributed by atoms with Crippen molar-refractivity contribution in [3.8, 4) is 11.8 Å². The van der Waals surface area contributed by atoms with Crippen molar-refractivity contribution in [2.45, 2.75) is 58.5 Å². The van der Waals surface area contributed by atoms with E-state index in [4.69, 9.17) is 4.74 Å². The largest absolute Gasteiger partial charge is 0.494 e. The molecule has 110 valence electrons. The maximum Gasteiger partial charge on any atom is 0.119 e. The van der Waals surface area contributed by atoms with Crippen molar-refractivity contribution in [2.24, 2.45) is 0 Å². The van der Waals surface area contributed by atoms with Crippen molar-refractivity contribution < 1.29 is 4.74 Å². The summed E-state index contributed by atoms with van der Waals surface area (Å²) in [5.74, 6) is 0.916. The molecule has 3 heteroatoms. The minimum Gasteiger partial charge on any atom is -0.494 e. The van der Waals surface area contributed by atoms with Gasteiger partial charge in [-0.05, 0) is 59.1 Å². The molecule has 1 rings (SSSR count). The number of aryl methyl sites for hydroxylation is 1. The fourth-order valence-electron chi connectivity index (χ4n) is 2.20. The van der Waals surface area contributed by atoms with Crippen molar-refractivity contribution >= 4 is 0 Å². The van der Waals surface area contributed by atoms with E-state index in [1.165, 1.54) is 5.56 Å². The third kappa shape index (κ3) is 6.08. The summed E-state index contributed by atoms with van der Waals surface area (Å²) < 4.78 is 5.69. The maximum atomic E-state index is 9.25. The second-order valence-corrected chi connectivity index (χ2v) is 5.86. The van der Waals surface area contributed by atoms with Gasteiger partial charge in [0, 0.05) is 6.04 Å². The number of nitriles is 1. The van der Waals surface area contributed by atoms with Gasteiger partial charge in [-0.25, -0.2) is 0 Å². The lowest BCUT2D eigenvalue weighted by Crippen LogP contribution is -2.44. The van der Waals surface area contributed by atoms with Gasteiger partial charge < -0.3 is 4.74 Å². The molecule has 0 aromatic heterocycles. The van der Waals surface area contributed by atoms with Crippen LogP contribution < -0.4 is 10.1 Å². The molecular weight excluding hydrogens is 248 g/mol. The minimum absolute atomic E-state index is 0.323. The molecule has 0 amide bonds. The van der Waals surface area contributed by atoms with Crippen molar-refractivity contribution in [3.63, 3.8) is 0 Å². The van der Waals surface area contributed by atoms with E-state index in [2.05, 4.69) is 44.3 Å². The zero-order valence-electron chi connectivity index (χ0n) is 13.1. The Balaban J connectivity index is 2.24. The highest BCUT2D eigenvalue weighted by Gasteiger charge is 2.23. The van der Waals surface area contributed by atoms with Crippen LogP contribution in [0.3, 0.4) is 0 Å². The van der Waals surface area contributed by atoms with Gasteiger partial charge in [0.1, 0.15) is 11.3 Å². The van der Waals surface area contributed by atoms with Crippen LogP contribution in [-0.2, 0) is 0 Å². The van der Waals surface area contributed by atoms with Crippen LogP contribution in [0.1, 0.15) is 45.6 Å². The minimum atomic E-state index is -0.433. The molecule has 1 aromatic carbocycles. The lowest BCUT2D eigenvalue weighted by molar-refractivity contribution is 0.292. The number of rotatable bonds is 8. The van der Waals surface area contributed by atoms with E-state index in [9.17, 15) is 5.26 Å². The van der Waals surface area contributed by atoms with Crippen molar-refractivity contribution in [3.05, 3.63) is 29.8 Å². The van der Waals surface area contributed by atoms with Gasteiger partial charge in [-0.2, -0.15) is 5.26 Å². The fraction of sp³-hybridized carbons (Fsp3) is 0.588. The Morgan fingerprint density at radius 1 is 1.25 bits per heavy atom. The molecule has 1 aromatic rings. The van der Waals surface area contributed by atoms with Crippen molar-refractivity contribution in [2.75, 3.05) is 6.61 Å². The summed E-state index contributed by atoms with van der Waals surface area (Å²) in [7, 11) is 0. The molecule has 0 saturated carbocycles. The highest BCUT2D eigenvalue weighted by atomic mass is 16.5. The number of unbranched alkanes of at least 4 members (excludes halogenated alkanes) is 1. The monoisotopic (exact) mass is 274 g/mol. The predicted molar refractivity (Wildman–Crippen MR) is 82.8 cm³/mol. The van der Waals surface area contributed by atoms with Crippen molar-refractivity contribution in [1.82, 2.24) is 5.32 Å². The summed E-state index contributed by atoms with van der Waals surface area (Å²) >= 11 is 0. The molecule has 0 aliphatic rings. The van der Waals surface area contributed by atoms with Gasteiger partial charge in [-0.3, -0.25) is 5.32 Å². The zero-order chi connectivity index (χ0) is 15.0. The lowest BCUT2D eigenvalue weighted by Gasteiger charge is -2.25. The number of hydrogen-bond donors (Lipinski definition) is 1. The predicted octanol–water partition coefficient (Wildman–Crippen LogP) is 3.82. The average Bonchev–Trinajstić information content (AvgIpc) is 2.40. The van der Waals surface area contributed by atoms with E-state index in [1.807, 2.05) is 19.1 Å². The second-order valence-electron chi connectivity index (χ2n) is 5.86. The van der Waals surface area contributed by atoms with Crippen LogP contribution in [0, 0.1) is 18.3 Å². The first-order chi connectivity index (χ1) is 9.45. The molecule has 0 radical (unpaired) electrons. The Hall–Kier alpha value is -1.53. The Morgan fingerprint density at radius 3 is 2.45 bits per heavy atom. The summed E-state index contributed by atoms with van der Waals surface area (Å²) in [5.41, 5.74) is 0.805. The Morgan fingerprint density at radius 2 is 1.90 bits per heavy atom. The Kier molecular flexibility index (Phi) is 6.54. The van der Waals surface area contributed by atoms with E-state index >= 15 is 0 Å². The van der Waals surface area contributed by atoms with Crippen LogP contribution in [0.25, 0.3) is 0 Å². The standard InChI is InChI=1S/C17H26N2O/c1-14(2)19-17(4,13-18)11-5-6-12-20-16-9-7-15(3)8-10-16/h7-10,14,19H,5-6,11-12H2,1-4H3. The summed E-state index contributed by atoms with van der Waals surface area (Å²) in [6.07, 6.45) is 2.79. The van der Waals surface area contributed by atoms with E-state index in [-0.39, 0.29) is 0 Å². The summed E-state index contributed by atoms with van der Waals surface area (Å²) in [4.78, 5) is 0. The van der Waals surface area contributed by atoms with Gasteiger partial charge in [0.15, 0.2) is 0 Å². The SMILES string of the molecule is Cc1ccc(OCCCCC(C)(C#N)NC(C)C)cc1. The molecule has 0 saturated heterocycles.